The highest BCUT2D eigenvalue weighted by atomic mass is 16.6. The Hall–Kier alpha value is -4.46. The number of hydrogen-bond donors (Lipinski definition) is 2. The minimum atomic E-state index is -0.487. The molecule has 0 saturated carbocycles. The molecule has 0 fully saturated rings. The standard InChI is InChI=1S/C26H25N3O5/c1-4-33-24-15-19(7-14-23(24)34-26(32)21-8-5-17(2)6-9-21)16-27-29-25(31)20-10-12-22(13-11-20)28-18(3)30/h5-16H,4H2,1-3H3,(H,28,30)(H,29,31)/b27-16+. The number of carbonyl (C=O) groups is 3. The monoisotopic (exact) mass is 459 g/mol. The van der Waals surface area contributed by atoms with E-state index < -0.39 is 11.9 Å². The van der Waals surface area contributed by atoms with Gasteiger partial charge >= 0.3 is 5.97 Å². The Bertz CT molecular complexity index is 1200. The molecule has 0 saturated heterocycles. The van der Waals surface area contributed by atoms with Crippen LogP contribution in [0.4, 0.5) is 5.69 Å². The maximum atomic E-state index is 12.4. The van der Waals surface area contributed by atoms with Crippen LogP contribution in [0.2, 0.25) is 0 Å². The lowest BCUT2D eigenvalue weighted by molar-refractivity contribution is -0.114. The third-order valence-corrected chi connectivity index (χ3v) is 4.60. The van der Waals surface area contributed by atoms with Crippen molar-refractivity contribution in [3.8, 4) is 11.5 Å². The molecule has 3 rings (SSSR count). The number of nitrogens with zero attached hydrogens (tertiary/aromatic N) is 1. The molecule has 174 valence electrons. The summed E-state index contributed by atoms with van der Waals surface area (Å²) in [6.45, 7) is 5.55. The molecule has 0 aliphatic rings. The summed E-state index contributed by atoms with van der Waals surface area (Å²) in [5.74, 6) is -0.415. The van der Waals surface area contributed by atoms with Gasteiger partial charge in [-0.1, -0.05) is 17.7 Å². The van der Waals surface area contributed by atoms with Crippen molar-refractivity contribution >= 4 is 29.7 Å². The number of hydrazone groups is 1. The first-order valence-electron chi connectivity index (χ1n) is 10.6. The Morgan fingerprint density at radius 3 is 2.24 bits per heavy atom. The van der Waals surface area contributed by atoms with Crippen molar-refractivity contribution in [1.82, 2.24) is 5.43 Å². The van der Waals surface area contributed by atoms with E-state index >= 15 is 0 Å². The molecule has 0 spiro atoms. The van der Waals surface area contributed by atoms with Gasteiger partial charge in [-0.25, -0.2) is 10.2 Å². The van der Waals surface area contributed by atoms with E-state index in [1.807, 2.05) is 26.0 Å². The Kier molecular flexibility index (Phi) is 8.12. The highest BCUT2D eigenvalue weighted by Crippen LogP contribution is 2.29. The van der Waals surface area contributed by atoms with Crippen molar-refractivity contribution in [3.05, 3.63) is 89.0 Å². The summed E-state index contributed by atoms with van der Waals surface area (Å²) < 4.78 is 11.1. The third kappa shape index (κ3) is 6.77. The molecule has 0 bridgehead atoms. The Labute approximate surface area is 197 Å². The average molecular weight is 460 g/mol. The van der Waals surface area contributed by atoms with E-state index in [4.69, 9.17) is 9.47 Å². The van der Waals surface area contributed by atoms with E-state index in [0.717, 1.165) is 5.56 Å². The normalized spacial score (nSPS) is 10.6. The second-order valence-electron chi connectivity index (χ2n) is 7.35. The summed E-state index contributed by atoms with van der Waals surface area (Å²) in [5.41, 5.74) is 5.55. The van der Waals surface area contributed by atoms with Gasteiger partial charge in [0.2, 0.25) is 5.91 Å². The summed E-state index contributed by atoms with van der Waals surface area (Å²) in [5, 5.41) is 6.61. The maximum absolute atomic E-state index is 12.4. The Morgan fingerprint density at radius 1 is 0.912 bits per heavy atom. The number of ether oxygens (including phenoxy) is 2. The van der Waals surface area contributed by atoms with Crippen molar-refractivity contribution in [3.63, 3.8) is 0 Å². The Balaban J connectivity index is 1.65. The molecule has 0 aliphatic heterocycles. The lowest BCUT2D eigenvalue weighted by atomic mass is 10.1. The molecule has 8 nitrogen and oxygen atoms in total. The predicted octanol–water partition coefficient (Wildman–Crippen LogP) is 4.34. The van der Waals surface area contributed by atoms with Crippen molar-refractivity contribution < 1.29 is 23.9 Å². The van der Waals surface area contributed by atoms with E-state index in [2.05, 4.69) is 15.8 Å². The zero-order chi connectivity index (χ0) is 24.5. The van der Waals surface area contributed by atoms with E-state index in [-0.39, 0.29) is 11.7 Å². The molecule has 0 aromatic heterocycles. The van der Waals surface area contributed by atoms with Gasteiger partial charge in [0, 0.05) is 18.2 Å². The fraction of sp³-hybridized carbons (Fsp3) is 0.154. The number of carbonyl (C=O) groups excluding carboxylic acids is 3. The van der Waals surface area contributed by atoms with Crippen LogP contribution < -0.4 is 20.2 Å². The number of benzene rings is 3. The zero-order valence-corrected chi connectivity index (χ0v) is 19.1. The Morgan fingerprint density at radius 2 is 1.59 bits per heavy atom. The van der Waals surface area contributed by atoms with Crippen molar-refractivity contribution in [2.75, 3.05) is 11.9 Å². The number of esters is 1. The molecule has 8 heteroatoms. The van der Waals surface area contributed by atoms with Gasteiger partial charge in [0.05, 0.1) is 18.4 Å². The summed E-state index contributed by atoms with van der Waals surface area (Å²) >= 11 is 0. The van der Waals surface area contributed by atoms with E-state index in [1.165, 1.54) is 13.1 Å². The maximum Gasteiger partial charge on any atom is 0.343 e. The first kappa shape index (κ1) is 24.2. The first-order valence-corrected chi connectivity index (χ1v) is 10.6. The number of anilines is 1. The van der Waals surface area contributed by atoms with Crippen LogP contribution in [0.1, 0.15) is 45.7 Å². The lowest BCUT2D eigenvalue weighted by Gasteiger charge is -2.11. The van der Waals surface area contributed by atoms with Crippen molar-refractivity contribution in [2.24, 2.45) is 5.10 Å². The lowest BCUT2D eigenvalue weighted by Crippen LogP contribution is -2.17. The summed E-state index contributed by atoms with van der Waals surface area (Å²) in [4.78, 5) is 35.8. The molecule has 3 aromatic carbocycles. The SMILES string of the molecule is CCOc1cc(/C=N/NC(=O)c2ccc(NC(C)=O)cc2)ccc1OC(=O)c1ccc(C)cc1. The van der Waals surface area contributed by atoms with E-state index in [9.17, 15) is 14.4 Å². The van der Waals surface area contributed by atoms with Gasteiger partial charge in [0.25, 0.3) is 5.91 Å². The second-order valence-corrected chi connectivity index (χ2v) is 7.35. The number of nitrogens with one attached hydrogen (secondary N) is 2. The topological polar surface area (TPSA) is 106 Å². The summed E-state index contributed by atoms with van der Waals surface area (Å²) in [7, 11) is 0. The quantitative estimate of drug-likeness (QED) is 0.226. The zero-order valence-electron chi connectivity index (χ0n) is 19.1. The molecule has 2 amide bonds. The van der Waals surface area contributed by atoms with Crippen LogP contribution in [0.25, 0.3) is 0 Å². The average Bonchev–Trinajstić information content (AvgIpc) is 2.81. The van der Waals surface area contributed by atoms with Gasteiger partial charge in [-0.2, -0.15) is 5.10 Å². The van der Waals surface area contributed by atoms with Gasteiger partial charge in [-0.15, -0.1) is 0 Å². The van der Waals surface area contributed by atoms with Gasteiger partial charge in [-0.3, -0.25) is 9.59 Å². The molecule has 0 radical (unpaired) electrons. The third-order valence-electron chi connectivity index (χ3n) is 4.60. The number of hydrogen-bond acceptors (Lipinski definition) is 6. The van der Waals surface area contributed by atoms with Crippen LogP contribution in [-0.2, 0) is 4.79 Å². The predicted molar refractivity (Wildman–Crippen MR) is 130 cm³/mol. The van der Waals surface area contributed by atoms with Crippen LogP contribution in [0.15, 0.2) is 71.8 Å². The minimum Gasteiger partial charge on any atom is -0.490 e. The summed E-state index contributed by atoms with van der Waals surface area (Å²) in [6.07, 6.45) is 1.46. The fourth-order valence-electron chi connectivity index (χ4n) is 2.94. The van der Waals surface area contributed by atoms with Crippen LogP contribution in [-0.4, -0.2) is 30.6 Å². The minimum absolute atomic E-state index is 0.191. The molecule has 34 heavy (non-hydrogen) atoms. The van der Waals surface area contributed by atoms with E-state index in [1.54, 1.807) is 54.6 Å². The van der Waals surface area contributed by atoms with Crippen LogP contribution in [0, 0.1) is 6.92 Å². The molecule has 0 unspecified atom stereocenters. The molecule has 2 N–H and O–H groups in total. The van der Waals surface area contributed by atoms with E-state index in [0.29, 0.717) is 34.7 Å². The highest BCUT2D eigenvalue weighted by Gasteiger charge is 2.13. The van der Waals surface area contributed by atoms with Crippen LogP contribution in [0.3, 0.4) is 0 Å². The number of aryl methyl sites for hydroxylation is 1. The molecular weight excluding hydrogens is 434 g/mol. The molecule has 0 aliphatic carbocycles. The number of amides is 2. The second kappa shape index (κ2) is 11.4. The molecule has 0 atom stereocenters. The van der Waals surface area contributed by atoms with Crippen LogP contribution in [0.5, 0.6) is 11.5 Å². The smallest absolute Gasteiger partial charge is 0.343 e. The van der Waals surface area contributed by atoms with Gasteiger partial charge < -0.3 is 14.8 Å². The first-order chi connectivity index (χ1) is 16.4. The molecule has 3 aromatic rings. The van der Waals surface area contributed by atoms with Gasteiger partial charge in [0.15, 0.2) is 11.5 Å². The molecular formula is C26H25N3O5. The largest absolute Gasteiger partial charge is 0.490 e. The number of rotatable bonds is 8. The van der Waals surface area contributed by atoms with Crippen molar-refractivity contribution in [2.45, 2.75) is 20.8 Å². The molecule has 0 heterocycles. The van der Waals surface area contributed by atoms with Crippen LogP contribution >= 0.6 is 0 Å². The van der Waals surface area contributed by atoms with Gasteiger partial charge in [0.1, 0.15) is 0 Å². The highest BCUT2D eigenvalue weighted by molar-refractivity contribution is 5.96. The fourth-order valence-corrected chi connectivity index (χ4v) is 2.94. The van der Waals surface area contributed by atoms with Crippen molar-refractivity contribution in [1.29, 1.82) is 0 Å². The summed E-state index contributed by atoms with van der Waals surface area (Å²) in [6, 6.07) is 18.5. The van der Waals surface area contributed by atoms with Gasteiger partial charge in [-0.05, 0) is 74.0 Å².